The Morgan fingerprint density at radius 2 is 2.24 bits per heavy atom. The van der Waals surface area contributed by atoms with Gasteiger partial charge in [0.25, 0.3) is 0 Å². The van der Waals surface area contributed by atoms with Crippen LogP contribution in [0.25, 0.3) is 11.0 Å². The Hall–Kier alpha value is -2.07. The molecule has 0 radical (unpaired) electrons. The van der Waals surface area contributed by atoms with Gasteiger partial charge in [0.05, 0.1) is 23.3 Å². The summed E-state index contributed by atoms with van der Waals surface area (Å²) >= 11 is 0. The molecule has 108 valence electrons. The van der Waals surface area contributed by atoms with Gasteiger partial charge in [-0.25, -0.2) is 4.98 Å². The summed E-state index contributed by atoms with van der Waals surface area (Å²) in [5.74, 6) is 2.13. The molecule has 0 amide bonds. The van der Waals surface area contributed by atoms with Gasteiger partial charge in [-0.3, -0.25) is 0 Å². The van der Waals surface area contributed by atoms with Crippen molar-refractivity contribution in [1.29, 1.82) is 0 Å². The molecule has 2 aromatic heterocycles. The molecule has 4 rings (SSSR count). The molecule has 0 saturated heterocycles. The highest BCUT2D eigenvalue weighted by molar-refractivity contribution is 5.74. The summed E-state index contributed by atoms with van der Waals surface area (Å²) in [5, 5.41) is 3.68. The van der Waals surface area contributed by atoms with E-state index in [4.69, 9.17) is 4.42 Å². The maximum absolute atomic E-state index is 5.56. The van der Waals surface area contributed by atoms with E-state index in [0.29, 0.717) is 6.04 Å². The minimum Gasteiger partial charge on any atom is -0.469 e. The van der Waals surface area contributed by atoms with Crippen molar-refractivity contribution < 1.29 is 4.42 Å². The molecular formula is C17H19N3O. The lowest BCUT2D eigenvalue weighted by Gasteiger charge is -2.25. The highest BCUT2D eigenvalue weighted by Crippen LogP contribution is 2.32. The summed E-state index contributed by atoms with van der Waals surface area (Å²) in [6, 6.07) is 10.8. The van der Waals surface area contributed by atoms with Crippen LogP contribution in [0, 0.1) is 0 Å². The van der Waals surface area contributed by atoms with Gasteiger partial charge in [-0.1, -0.05) is 12.1 Å². The summed E-state index contributed by atoms with van der Waals surface area (Å²) in [6.45, 7) is 2.16. The zero-order chi connectivity index (χ0) is 14.2. The second kappa shape index (κ2) is 5.04. The van der Waals surface area contributed by atoms with Gasteiger partial charge in [-0.2, -0.15) is 0 Å². The first-order valence-electron chi connectivity index (χ1n) is 7.58. The fraction of sp³-hybridized carbons (Fsp3) is 0.353. The SMILES string of the molecule is CC(NC1CCCc2occc21)c1nc2ccccc2[nH]1. The zero-order valence-electron chi connectivity index (χ0n) is 12.1. The molecule has 1 aliphatic carbocycles. The van der Waals surface area contributed by atoms with Crippen LogP contribution in [-0.4, -0.2) is 9.97 Å². The largest absolute Gasteiger partial charge is 0.469 e. The number of hydrogen-bond donors (Lipinski definition) is 2. The molecule has 4 nitrogen and oxygen atoms in total. The Balaban J connectivity index is 1.57. The van der Waals surface area contributed by atoms with E-state index in [1.54, 1.807) is 6.26 Å². The van der Waals surface area contributed by atoms with Crippen LogP contribution in [0.5, 0.6) is 0 Å². The quantitative estimate of drug-likeness (QED) is 0.766. The fourth-order valence-electron chi connectivity index (χ4n) is 3.22. The van der Waals surface area contributed by atoms with Crippen LogP contribution in [0.4, 0.5) is 0 Å². The summed E-state index contributed by atoms with van der Waals surface area (Å²) in [4.78, 5) is 8.09. The summed E-state index contributed by atoms with van der Waals surface area (Å²) in [5.41, 5.74) is 3.42. The summed E-state index contributed by atoms with van der Waals surface area (Å²) in [7, 11) is 0. The normalized spacial score (nSPS) is 19.6. The van der Waals surface area contributed by atoms with E-state index in [0.717, 1.165) is 35.5 Å². The number of aromatic nitrogens is 2. The number of nitrogens with one attached hydrogen (secondary N) is 2. The van der Waals surface area contributed by atoms with Gasteiger partial charge >= 0.3 is 0 Å². The van der Waals surface area contributed by atoms with Crippen molar-refractivity contribution in [3.05, 3.63) is 53.7 Å². The molecular weight excluding hydrogens is 262 g/mol. The van der Waals surface area contributed by atoms with Gasteiger partial charge < -0.3 is 14.7 Å². The number of imidazole rings is 1. The zero-order valence-corrected chi connectivity index (χ0v) is 12.1. The number of para-hydroxylation sites is 2. The molecule has 2 atom stereocenters. The number of aryl methyl sites for hydroxylation is 1. The molecule has 2 N–H and O–H groups in total. The van der Waals surface area contributed by atoms with Crippen LogP contribution in [0.1, 0.15) is 49.0 Å². The van der Waals surface area contributed by atoms with Gasteiger partial charge in [0.1, 0.15) is 11.6 Å². The fourth-order valence-corrected chi connectivity index (χ4v) is 3.22. The number of benzene rings is 1. The monoisotopic (exact) mass is 281 g/mol. The number of furan rings is 1. The Morgan fingerprint density at radius 1 is 1.33 bits per heavy atom. The van der Waals surface area contributed by atoms with Gasteiger partial charge in [-0.05, 0) is 38.0 Å². The molecule has 2 heterocycles. The van der Waals surface area contributed by atoms with E-state index >= 15 is 0 Å². The summed E-state index contributed by atoms with van der Waals surface area (Å²) < 4.78 is 5.56. The first-order valence-corrected chi connectivity index (χ1v) is 7.58. The minimum atomic E-state index is 0.184. The van der Waals surface area contributed by atoms with E-state index in [1.807, 2.05) is 18.2 Å². The Bertz CT molecular complexity index is 725. The summed E-state index contributed by atoms with van der Waals surface area (Å²) in [6.07, 6.45) is 5.18. The van der Waals surface area contributed by atoms with Gasteiger partial charge in [0.15, 0.2) is 0 Å². The minimum absolute atomic E-state index is 0.184. The lowest BCUT2D eigenvalue weighted by molar-refractivity contribution is 0.380. The van der Waals surface area contributed by atoms with Gasteiger partial charge in [0, 0.05) is 18.0 Å². The van der Waals surface area contributed by atoms with Crippen LogP contribution < -0.4 is 5.32 Å². The predicted molar refractivity (Wildman–Crippen MR) is 82.0 cm³/mol. The highest BCUT2D eigenvalue weighted by atomic mass is 16.3. The molecule has 1 aliphatic rings. The number of rotatable bonds is 3. The molecule has 0 saturated carbocycles. The molecule has 2 unspecified atom stereocenters. The molecule has 21 heavy (non-hydrogen) atoms. The third-order valence-electron chi connectivity index (χ3n) is 4.32. The smallest absolute Gasteiger partial charge is 0.124 e. The maximum Gasteiger partial charge on any atom is 0.124 e. The number of fused-ring (bicyclic) bond motifs is 2. The molecule has 4 heteroatoms. The number of aromatic amines is 1. The molecule has 0 bridgehead atoms. The average molecular weight is 281 g/mol. The Kier molecular flexibility index (Phi) is 3.04. The van der Waals surface area contributed by atoms with E-state index in [1.165, 1.54) is 12.0 Å². The third kappa shape index (κ3) is 2.25. The first kappa shape index (κ1) is 12.7. The number of nitrogens with zero attached hydrogens (tertiary/aromatic N) is 1. The molecule has 0 aliphatic heterocycles. The van der Waals surface area contributed by atoms with Crippen molar-refractivity contribution in [2.45, 2.75) is 38.3 Å². The second-order valence-corrected chi connectivity index (χ2v) is 5.77. The number of H-pyrrole nitrogens is 1. The molecule has 0 spiro atoms. The van der Waals surface area contributed by atoms with Crippen molar-refractivity contribution in [1.82, 2.24) is 15.3 Å². The van der Waals surface area contributed by atoms with Crippen molar-refractivity contribution in [2.75, 3.05) is 0 Å². The van der Waals surface area contributed by atoms with Gasteiger partial charge in [-0.15, -0.1) is 0 Å². The van der Waals surface area contributed by atoms with Crippen molar-refractivity contribution >= 4 is 11.0 Å². The average Bonchev–Trinajstić information content (AvgIpc) is 3.14. The standard InChI is InChI=1S/C17H19N3O/c1-11(17-19-14-5-2-3-6-15(14)20-17)18-13-7-4-8-16-12(13)9-10-21-16/h2-3,5-6,9-11,13,18H,4,7-8H2,1H3,(H,19,20). The highest BCUT2D eigenvalue weighted by Gasteiger charge is 2.24. The second-order valence-electron chi connectivity index (χ2n) is 5.77. The van der Waals surface area contributed by atoms with E-state index in [-0.39, 0.29) is 6.04 Å². The number of hydrogen-bond acceptors (Lipinski definition) is 3. The van der Waals surface area contributed by atoms with Crippen LogP contribution in [0.15, 0.2) is 41.0 Å². The molecule has 1 aromatic carbocycles. The van der Waals surface area contributed by atoms with E-state index in [2.05, 4.69) is 34.3 Å². The maximum atomic E-state index is 5.56. The molecule has 3 aromatic rings. The van der Waals surface area contributed by atoms with Gasteiger partial charge in [0.2, 0.25) is 0 Å². The van der Waals surface area contributed by atoms with E-state index in [9.17, 15) is 0 Å². The van der Waals surface area contributed by atoms with Crippen LogP contribution >= 0.6 is 0 Å². The van der Waals surface area contributed by atoms with Crippen molar-refractivity contribution in [3.63, 3.8) is 0 Å². The Morgan fingerprint density at radius 3 is 3.14 bits per heavy atom. The lowest BCUT2D eigenvalue weighted by atomic mass is 9.93. The Labute approximate surface area is 123 Å². The lowest BCUT2D eigenvalue weighted by Crippen LogP contribution is -2.27. The third-order valence-corrected chi connectivity index (χ3v) is 4.32. The molecule has 0 fully saturated rings. The van der Waals surface area contributed by atoms with Crippen LogP contribution in [-0.2, 0) is 6.42 Å². The van der Waals surface area contributed by atoms with E-state index < -0.39 is 0 Å². The predicted octanol–water partition coefficient (Wildman–Crippen LogP) is 3.88. The van der Waals surface area contributed by atoms with Crippen LogP contribution in [0.2, 0.25) is 0 Å². The van der Waals surface area contributed by atoms with Crippen LogP contribution in [0.3, 0.4) is 0 Å². The first-order chi connectivity index (χ1) is 10.3. The van der Waals surface area contributed by atoms with Crippen molar-refractivity contribution in [2.24, 2.45) is 0 Å². The van der Waals surface area contributed by atoms with Crippen molar-refractivity contribution in [3.8, 4) is 0 Å². The topological polar surface area (TPSA) is 53.9 Å².